The Morgan fingerprint density at radius 2 is 1.56 bits per heavy atom. The van der Waals surface area contributed by atoms with E-state index in [1.54, 1.807) is 0 Å². The van der Waals surface area contributed by atoms with Crippen molar-refractivity contribution < 1.29 is 4.74 Å². The van der Waals surface area contributed by atoms with Crippen molar-refractivity contribution in [2.75, 3.05) is 0 Å². The molecular formula is C15H28O. The molecule has 0 radical (unpaired) electrons. The van der Waals surface area contributed by atoms with Crippen molar-refractivity contribution in [1.29, 1.82) is 0 Å². The number of hydrogen-bond donors (Lipinski definition) is 0. The maximum atomic E-state index is 6.16. The Hall–Kier alpha value is -0.0400. The molecule has 0 aromatic heterocycles. The first-order chi connectivity index (χ1) is 7.65. The summed E-state index contributed by atoms with van der Waals surface area (Å²) in [5, 5.41) is 0. The van der Waals surface area contributed by atoms with Crippen LogP contribution in [-0.2, 0) is 4.74 Å². The molecule has 0 N–H and O–H groups in total. The van der Waals surface area contributed by atoms with Crippen LogP contribution in [0.25, 0.3) is 0 Å². The van der Waals surface area contributed by atoms with Crippen LogP contribution in [0.5, 0.6) is 0 Å². The summed E-state index contributed by atoms with van der Waals surface area (Å²) in [7, 11) is 0. The smallest absolute Gasteiger partial charge is 0.0582 e. The highest BCUT2D eigenvalue weighted by atomic mass is 16.5. The molecule has 1 heteroatoms. The zero-order valence-electron chi connectivity index (χ0n) is 11.2. The Kier molecular flexibility index (Phi) is 4.29. The van der Waals surface area contributed by atoms with E-state index in [1.165, 1.54) is 44.9 Å². The molecule has 0 bridgehead atoms. The van der Waals surface area contributed by atoms with Crippen molar-refractivity contribution in [1.82, 2.24) is 0 Å². The molecule has 0 aromatic carbocycles. The Labute approximate surface area is 101 Å². The Morgan fingerprint density at radius 1 is 0.938 bits per heavy atom. The first-order valence-corrected chi connectivity index (χ1v) is 7.30. The van der Waals surface area contributed by atoms with Gasteiger partial charge >= 0.3 is 0 Å². The summed E-state index contributed by atoms with van der Waals surface area (Å²) in [6, 6.07) is 0. The fourth-order valence-corrected chi connectivity index (χ4v) is 3.27. The van der Waals surface area contributed by atoms with E-state index < -0.39 is 0 Å². The van der Waals surface area contributed by atoms with Crippen LogP contribution in [0.2, 0.25) is 0 Å². The van der Waals surface area contributed by atoms with Crippen molar-refractivity contribution in [3.05, 3.63) is 0 Å². The maximum absolute atomic E-state index is 6.16. The average molecular weight is 224 g/mol. The van der Waals surface area contributed by atoms with Crippen molar-refractivity contribution in [3.8, 4) is 0 Å². The van der Waals surface area contributed by atoms with E-state index in [-0.39, 0.29) is 0 Å². The van der Waals surface area contributed by atoms with Crippen LogP contribution in [0.4, 0.5) is 0 Å². The van der Waals surface area contributed by atoms with E-state index in [0.29, 0.717) is 12.2 Å². The summed E-state index contributed by atoms with van der Waals surface area (Å²) in [5.74, 6) is 2.71. The molecule has 1 saturated heterocycles. The Balaban J connectivity index is 1.67. The van der Waals surface area contributed by atoms with Gasteiger partial charge in [-0.25, -0.2) is 0 Å². The van der Waals surface area contributed by atoms with Crippen LogP contribution in [-0.4, -0.2) is 12.2 Å². The third-order valence-electron chi connectivity index (χ3n) is 4.52. The standard InChI is InChI=1S/C15H28O/c1-11(2)9-14-7-8-15(16-14)10-12(3)13-5-4-6-13/h11-15H,4-10H2,1-3H3. The lowest BCUT2D eigenvalue weighted by molar-refractivity contribution is 0.0133. The third kappa shape index (κ3) is 3.23. The fraction of sp³-hybridized carbons (Fsp3) is 1.00. The minimum atomic E-state index is 0.568. The molecule has 1 saturated carbocycles. The van der Waals surface area contributed by atoms with Gasteiger partial charge in [0.25, 0.3) is 0 Å². The fourth-order valence-electron chi connectivity index (χ4n) is 3.27. The molecule has 2 rings (SSSR count). The molecule has 94 valence electrons. The summed E-state index contributed by atoms with van der Waals surface area (Å²) in [4.78, 5) is 0. The van der Waals surface area contributed by atoms with Crippen LogP contribution in [0.3, 0.4) is 0 Å². The van der Waals surface area contributed by atoms with E-state index in [1.807, 2.05) is 0 Å². The van der Waals surface area contributed by atoms with E-state index in [0.717, 1.165) is 17.8 Å². The largest absolute Gasteiger partial charge is 0.375 e. The van der Waals surface area contributed by atoms with Gasteiger partial charge in [-0.2, -0.15) is 0 Å². The number of ether oxygens (including phenoxy) is 1. The van der Waals surface area contributed by atoms with Crippen molar-refractivity contribution in [3.63, 3.8) is 0 Å². The van der Waals surface area contributed by atoms with Crippen molar-refractivity contribution in [2.45, 2.75) is 77.9 Å². The predicted molar refractivity (Wildman–Crippen MR) is 68.5 cm³/mol. The molecule has 0 spiro atoms. The van der Waals surface area contributed by atoms with Gasteiger partial charge in [-0.15, -0.1) is 0 Å². The second-order valence-electron chi connectivity index (χ2n) is 6.49. The molecule has 0 amide bonds. The van der Waals surface area contributed by atoms with Gasteiger partial charge < -0.3 is 4.74 Å². The highest BCUT2D eigenvalue weighted by Crippen LogP contribution is 2.38. The van der Waals surface area contributed by atoms with Crippen molar-refractivity contribution >= 4 is 0 Å². The summed E-state index contributed by atoms with van der Waals surface area (Å²) in [6.45, 7) is 7.03. The lowest BCUT2D eigenvalue weighted by Crippen LogP contribution is -2.24. The van der Waals surface area contributed by atoms with Gasteiger partial charge in [0, 0.05) is 0 Å². The molecular weight excluding hydrogens is 196 g/mol. The lowest BCUT2D eigenvalue weighted by atomic mass is 9.74. The highest BCUT2D eigenvalue weighted by Gasteiger charge is 2.30. The SMILES string of the molecule is CC(C)CC1CCC(CC(C)C2CCC2)O1. The average Bonchev–Trinajstić information content (AvgIpc) is 2.47. The summed E-state index contributed by atoms with van der Waals surface area (Å²) >= 11 is 0. The summed E-state index contributed by atoms with van der Waals surface area (Å²) in [5.41, 5.74) is 0. The number of rotatable bonds is 5. The van der Waals surface area contributed by atoms with Crippen LogP contribution < -0.4 is 0 Å². The molecule has 16 heavy (non-hydrogen) atoms. The molecule has 2 aliphatic rings. The molecule has 1 aliphatic carbocycles. The molecule has 1 aliphatic heterocycles. The van der Waals surface area contributed by atoms with Crippen LogP contribution in [0.1, 0.15) is 65.7 Å². The second-order valence-corrected chi connectivity index (χ2v) is 6.49. The Bertz CT molecular complexity index is 207. The lowest BCUT2D eigenvalue weighted by Gasteiger charge is -2.32. The van der Waals surface area contributed by atoms with E-state index in [2.05, 4.69) is 20.8 Å². The van der Waals surface area contributed by atoms with Gasteiger partial charge in [-0.05, 0) is 43.4 Å². The quantitative estimate of drug-likeness (QED) is 0.672. The first kappa shape index (κ1) is 12.4. The van der Waals surface area contributed by atoms with Gasteiger partial charge in [-0.3, -0.25) is 0 Å². The molecule has 1 nitrogen and oxygen atoms in total. The van der Waals surface area contributed by atoms with E-state index in [4.69, 9.17) is 4.74 Å². The monoisotopic (exact) mass is 224 g/mol. The third-order valence-corrected chi connectivity index (χ3v) is 4.52. The second kappa shape index (κ2) is 5.53. The van der Waals surface area contributed by atoms with Gasteiger partial charge in [0.15, 0.2) is 0 Å². The van der Waals surface area contributed by atoms with Crippen LogP contribution >= 0.6 is 0 Å². The van der Waals surface area contributed by atoms with Crippen LogP contribution in [0, 0.1) is 17.8 Å². The van der Waals surface area contributed by atoms with Gasteiger partial charge in [0.2, 0.25) is 0 Å². The molecule has 0 aromatic rings. The van der Waals surface area contributed by atoms with E-state index >= 15 is 0 Å². The first-order valence-electron chi connectivity index (χ1n) is 7.30. The molecule has 1 heterocycles. The van der Waals surface area contributed by atoms with Crippen molar-refractivity contribution in [2.24, 2.45) is 17.8 Å². The topological polar surface area (TPSA) is 9.23 Å². The molecule has 2 fully saturated rings. The zero-order chi connectivity index (χ0) is 11.5. The Morgan fingerprint density at radius 3 is 2.06 bits per heavy atom. The number of hydrogen-bond acceptors (Lipinski definition) is 1. The van der Waals surface area contributed by atoms with Gasteiger partial charge in [0.05, 0.1) is 12.2 Å². The highest BCUT2D eigenvalue weighted by molar-refractivity contribution is 4.81. The van der Waals surface area contributed by atoms with Crippen LogP contribution in [0.15, 0.2) is 0 Å². The summed E-state index contributed by atoms with van der Waals surface area (Å²) < 4.78 is 6.16. The molecule has 3 unspecified atom stereocenters. The van der Waals surface area contributed by atoms with Gasteiger partial charge in [0.1, 0.15) is 0 Å². The molecule has 3 atom stereocenters. The normalized spacial score (nSPS) is 33.0. The summed E-state index contributed by atoms with van der Waals surface area (Å²) in [6.07, 6.45) is 10.8. The predicted octanol–water partition coefficient (Wildman–Crippen LogP) is 4.41. The maximum Gasteiger partial charge on any atom is 0.0582 e. The van der Waals surface area contributed by atoms with Gasteiger partial charge in [-0.1, -0.05) is 40.0 Å². The minimum Gasteiger partial charge on any atom is -0.375 e. The zero-order valence-corrected chi connectivity index (χ0v) is 11.2. The van der Waals surface area contributed by atoms with E-state index in [9.17, 15) is 0 Å². The minimum absolute atomic E-state index is 0.568.